The van der Waals surface area contributed by atoms with E-state index in [4.69, 9.17) is 9.47 Å². The third-order valence-electron chi connectivity index (χ3n) is 4.99. The molecule has 0 bridgehead atoms. The lowest BCUT2D eigenvalue weighted by Crippen LogP contribution is -2.44. The molecule has 4 rings (SSSR count). The molecule has 0 saturated heterocycles. The van der Waals surface area contributed by atoms with Gasteiger partial charge in [-0.25, -0.2) is 0 Å². The molecule has 6 heteroatoms. The fourth-order valence-electron chi connectivity index (χ4n) is 3.72. The Morgan fingerprint density at radius 2 is 1.78 bits per heavy atom. The molecule has 138 valence electrons. The minimum atomic E-state index is -0.159. The number of benzene rings is 2. The van der Waals surface area contributed by atoms with Gasteiger partial charge in [0, 0.05) is 24.1 Å². The highest BCUT2D eigenvalue weighted by molar-refractivity contribution is 6.12. The van der Waals surface area contributed by atoms with Crippen molar-refractivity contribution in [3.8, 4) is 11.5 Å². The van der Waals surface area contributed by atoms with Gasteiger partial charge in [-0.15, -0.1) is 0 Å². The van der Waals surface area contributed by atoms with E-state index < -0.39 is 0 Å². The topological polar surface area (TPSA) is 60.8 Å². The summed E-state index contributed by atoms with van der Waals surface area (Å²) in [5, 5.41) is 0.761. The highest BCUT2D eigenvalue weighted by atomic mass is 16.5. The van der Waals surface area contributed by atoms with Crippen LogP contribution in [0, 0.1) is 6.92 Å². The van der Waals surface area contributed by atoms with Crippen molar-refractivity contribution in [2.45, 2.75) is 13.5 Å². The first-order valence-corrected chi connectivity index (χ1v) is 8.68. The van der Waals surface area contributed by atoms with Crippen molar-refractivity contribution in [3.05, 3.63) is 59.3 Å². The molecular formula is C21H20N2O4. The molecule has 0 unspecified atom stereocenters. The van der Waals surface area contributed by atoms with Crippen LogP contribution in [0.2, 0.25) is 0 Å². The van der Waals surface area contributed by atoms with Gasteiger partial charge in [0.2, 0.25) is 0 Å². The van der Waals surface area contributed by atoms with E-state index in [9.17, 15) is 9.59 Å². The van der Waals surface area contributed by atoms with Crippen molar-refractivity contribution < 1.29 is 19.1 Å². The van der Waals surface area contributed by atoms with Gasteiger partial charge in [-0.05, 0) is 18.1 Å². The molecule has 1 aliphatic heterocycles. The lowest BCUT2D eigenvalue weighted by atomic mass is 10.1. The van der Waals surface area contributed by atoms with Gasteiger partial charge in [-0.1, -0.05) is 30.3 Å². The number of amides is 1. The summed E-state index contributed by atoms with van der Waals surface area (Å²) in [7, 11) is 3.12. The molecule has 0 radical (unpaired) electrons. The van der Waals surface area contributed by atoms with Crippen molar-refractivity contribution in [2.75, 3.05) is 20.8 Å². The van der Waals surface area contributed by atoms with E-state index in [0.29, 0.717) is 29.3 Å². The predicted molar refractivity (Wildman–Crippen MR) is 102 cm³/mol. The Balaban J connectivity index is 1.87. The quantitative estimate of drug-likeness (QED) is 0.713. The molecule has 27 heavy (non-hydrogen) atoms. The summed E-state index contributed by atoms with van der Waals surface area (Å²) >= 11 is 0. The van der Waals surface area contributed by atoms with Crippen LogP contribution in [0.3, 0.4) is 0 Å². The van der Waals surface area contributed by atoms with Crippen molar-refractivity contribution >= 4 is 22.7 Å². The number of aromatic nitrogens is 1. The molecule has 0 aliphatic carbocycles. The first-order chi connectivity index (χ1) is 13.0. The first kappa shape index (κ1) is 17.1. The molecule has 0 saturated carbocycles. The van der Waals surface area contributed by atoms with Gasteiger partial charge >= 0.3 is 0 Å². The highest BCUT2D eigenvalue weighted by Crippen LogP contribution is 2.38. The molecular weight excluding hydrogens is 344 g/mol. The maximum Gasteiger partial charge on any atom is 0.272 e. The van der Waals surface area contributed by atoms with Gasteiger partial charge in [0.25, 0.3) is 11.8 Å². The van der Waals surface area contributed by atoms with E-state index in [2.05, 4.69) is 0 Å². The summed E-state index contributed by atoms with van der Waals surface area (Å²) in [5.41, 5.74) is 2.75. The Morgan fingerprint density at radius 3 is 2.44 bits per heavy atom. The third-order valence-corrected chi connectivity index (χ3v) is 4.99. The van der Waals surface area contributed by atoms with Gasteiger partial charge < -0.3 is 14.4 Å². The van der Waals surface area contributed by atoms with Crippen LogP contribution in [0.4, 0.5) is 0 Å². The lowest BCUT2D eigenvalue weighted by Gasteiger charge is -2.28. The summed E-state index contributed by atoms with van der Waals surface area (Å²) in [6, 6.07) is 13.2. The third kappa shape index (κ3) is 2.65. The fourth-order valence-corrected chi connectivity index (χ4v) is 3.72. The Hall–Kier alpha value is -3.28. The summed E-state index contributed by atoms with van der Waals surface area (Å²) in [5.74, 6) is 0.854. The molecule has 3 aromatic rings. The number of rotatable bonds is 4. The largest absolute Gasteiger partial charge is 0.497 e. The number of carbonyl (C=O) groups is 2. The molecule has 2 aromatic carbocycles. The SMILES string of the molecule is COc1cc(OC)c2c(C)c3n(c2c1)C(=O)CN(Cc1ccccc1)C3=O. The van der Waals surface area contributed by atoms with E-state index in [1.54, 1.807) is 31.3 Å². The number of hydrogen-bond acceptors (Lipinski definition) is 4. The van der Waals surface area contributed by atoms with E-state index >= 15 is 0 Å². The second kappa shape index (κ2) is 6.46. The zero-order valence-corrected chi connectivity index (χ0v) is 15.5. The molecule has 1 aliphatic rings. The van der Waals surface area contributed by atoms with Crippen LogP contribution < -0.4 is 9.47 Å². The average Bonchev–Trinajstić information content (AvgIpc) is 2.99. The van der Waals surface area contributed by atoms with Gasteiger partial charge in [-0.3, -0.25) is 14.2 Å². The zero-order valence-electron chi connectivity index (χ0n) is 15.5. The van der Waals surface area contributed by atoms with Gasteiger partial charge in [0.15, 0.2) is 0 Å². The Kier molecular flexibility index (Phi) is 4.11. The molecule has 1 aromatic heterocycles. The number of aryl methyl sites for hydroxylation is 1. The number of carbonyl (C=O) groups excluding carboxylic acids is 2. The Labute approximate surface area is 156 Å². The van der Waals surface area contributed by atoms with Crippen LogP contribution in [0.15, 0.2) is 42.5 Å². The summed E-state index contributed by atoms with van der Waals surface area (Å²) in [6.45, 7) is 2.27. The second-order valence-electron chi connectivity index (χ2n) is 6.57. The fraction of sp³-hybridized carbons (Fsp3) is 0.238. The minimum absolute atomic E-state index is 0.0312. The van der Waals surface area contributed by atoms with Crippen molar-refractivity contribution in [1.29, 1.82) is 0 Å². The molecule has 0 atom stereocenters. The Morgan fingerprint density at radius 1 is 1.04 bits per heavy atom. The standard InChI is InChI=1S/C21H20N2O4/c1-13-19-16(9-15(26-2)10-17(19)27-3)23-18(24)12-22(21(25)20(13)23)11-14-7-5-4-6-8-14/h4-10H,11-12H2,1-3H3. The molecule has 2 heterocycles. The molecule has 0 fully saturated rings. The van der Waals surface area contributed by atoms with E-state index in [1.807, 2.05) is 37.3 Å². The molecule has 0 spiro atoms. The van der Waals surface area contributed by atoms with E-state index in [1.165, 1.54) is 4.57 Å². The van der Waals surface area contributed by atoms with Gasteiger partial charge in [0.05, 0.1) is 19.7 Å². The minimum Gasteiger partial charge on any atom is -0.497 e. The summed E-state index contributed by atoms with van der Waals surface area (Å²) in [6.07, 6.45) is 0. The number of ether oxygens (including phenoxy) is 2. The van der Waals surface area contributed by atoms with Crippen LogP contribution in [0.5, 0.6) is 11.5 Å². The average molecular weight is 364 g/mol. The maximum absolute atomic E-state index is 13.2. The van der Waals surface area contributed by atoms with Crippen LogP contribution in [0.25, 0.3) is 10.9 Å². The van der Waals surface area contributed by atoms with Crippen LogP contribution in [-0.2, 0) is 6.54 Å². The van der Waals surface area contributed by atoms with Gasteiger partial charge in [0.1, 0.15) is 23.7 Å². The maximum atomic E-state index is 13.2. The highest BCUT2D eigenvalue weighted by Gasteiger charge is 2.35. The Bertz CT molecular complexity index is 1050. The summed E-state index contributed by atoms with van der Waals surface area (Å²) < 4.78 is 12.3. The summed E-state index contributed by atoms with van der Waals surface area (Å²) in [4.78, 5) is 27.7. The lowest BCUT2D eigenvalue weighted by molar-refractivity contribution is 0.0611. The van der Waals surface area contributed by atoms with Crippen LogP contribution in [0.1, 0.15) is 26.4 Å². The monoisotopic (exact) mass is 364 g/mol. The number of fused-ring (bicyclic) bond motifs is 3. The number of nitrogens with zero attached hydrogens (tertiary/aromatic N) is 2. The number of hydrogen-bond donors (Lipinski definition) is 0. The zero-order chi connectivity index (χ0) is 19.1. The smallest absolute Gasteiger partial charge is 0.272 e. The number of methoxy groups -OCH3 is 2. The van der Waals surface area contributed by atoms with Crippen molar-refractivity contribution in [2.24, 2.45) is 0 Å². The van der Waals surface area contributed by atoms with Gasteiger partial charge in [-0.2, -0.15) is 0 Å². The molecule has 1 amide bonds. The molecule has 0 N–H and O–H groups in total. The first-order valence-electron chi connectivity index (χ1n) is 8.68. The van der Waals surface area contributed by atoms with Crippen LogP contribution in [-0.4, -0.2) is 42.0 Å². The van der Waals surface area contributed by atoms with Crippen LogP contribution >= 0.6 is 0 Å². The van der Waals surface area contributed by atoms with E-state index in [0.717, 1.165) is 16.5 Å². The van der Waals surface area contributed by atoms with E-state index in [-0.39, 0.29) is 18.4 Å². The second-order valence-corrected chi connectivity index (χ2v) is 6.57. The molecule has 6 nitrogen and oxygen atoms in total. The van der Waals surface area contributed by atoms with Crippen molar-refractivity contribution in [3.63, 3.8) is 0 Å². The predicted octanol–water partition coefficient (Wildman–Crippen LogP) is 3.26. The normalized spacial score (nSPS) is 13.8. The van der Waals surface area contributed by atoms with Crippen molar-refractivity contribution in [1.82, 2.24) is 9.47 Å².